The van der Waals surface area contributed by atoms with Gasteiger partial charge in [0.25, 0.3) is 5.91 Å². The number of nitrogens with one attached hydrogen (secondary N) is 1. The maximum absolute atomic E-state index is 14.4. The Kier molecular flexibility index (Phi) is 9.87. The van der Waals surface area contributed by atoms with Gasteiger partial charge in [-0.15, -0.1) is 0 Å². The second-order valence-corrected chi connectivity index (χ2v) is 12.7. The van der Waals surface area contributed by atoms with E-state index in [1.54, 1.807) is 6.92 Å². The predicted molar refractivity (Wildman–Crippen MR) is 172 cm³/mol. The molecule has 7 nitrogen and oxygen atoms in total. The zero-order valence-corrected chi connectivity index (χ0v) is 26.7. The first-order valence-corrected chi connectivity index (χ1v) is 16.3. The van der Waals surface area contributed by atoms with E-state index in [1.165, 1.54) is 0 Å². The second-order valence-electron chi connectivity index (χ2n) is 12.7. The van der Waals surface area contributed by atoms with Gasteiger partial charge in [-0.1, -0.05) is 36.4 Å². The monoisotopic (exact) mass is 647 g/mol. The molecule has 2 bridgehead atoms. The van der Waals surface area contributed by atoms with E-state index in [2.05, 4.69) is 5.32 Å². The summed E-state index contributed by atoms with van der Waals surface area (Å²) < 4.78 is 52.5. The van der Waals surface area contributed by atoms with Gasteiger partial charge in [0.05, 0.1) is 19.2 Å². The number of amides is 2. The van der Waals surface area contributed by atoms with E-state index in [1.807, 2.05) is 65.3 Å². The molecule has 1 N–H and O–H groups in total. The van der Waals surface area contributed by atoms with Gasteiger partial charge in [-0.2, -0.15) is 4.39 Å². The Bertz CT molecular complexity index is 1660. The molecule has 0 radical (unpaired) electrons. The number of benzene rings is 3. The molecule has 1 aliphatic carbocycles. The molecule has 1 saturated carbocycles. The standard InChI is InChI=1S/C37H40F3N3O4/c1-23-5-3-7-29(19-23)46-18-16-43(28-12-13-28)37(45)34-30(20-27-21-42(24(2)44)22-33(34)41-27)26-10-8-25(9-11-26)6-4-17-47-36-32(39)15-14-31(38)35(36)40/h3,5,7-11,14-15,19,27-28,33,41H,4,6,12-13,16-18,20-22H2,1-2H3. The molecule has 2 aliphatic heterocycles. The van der Waals surface area contributed by atoms with Gasteiger partial charge in [-0.25, -0.2) is 8.78 Å². The number of piperazine rings is 1. The van der Waals surface area contributed by atoms with E-state index in [4.69, 9.17) is 9.47 Å². The van der Waals surface area contributed by atoms with Gasteiger partial charge in [-0.05, 0) is 85.6 Å². The van der Waals surface area contributed by atoms with Gasteiger partial charge in [0, 0.05) is 37.7 Å². The number of carbonyl (C=O) groups is 2. The molecule has 2 heterocycles. The number of ether oxygens (including phenoxy) is 2. The molecular weight excluding hydrogens is 607 g/mol. The van der Waals surface area contributed by atoms with Crippen LogP contribution in [0.4, 0.5) is 13.2 Å². The van der Waals surface area contributed by atoms with Crippen molar-refractivity contribution in [3.63, 3.8) is 0 Å². The van der Waals surface area contributed by atoms with Gasteiger partial charge >= 0.3 is 0 Å². The normalized spacial score (nSPS) is 19.0. The molecule has 248 valence electrons. The van der Waals surface area contributed by atoms with E-state index < -0.39 is 23.2 Å². The lowest BCUT2D eigenvalue weighted by atomic mass is 9.82. The summed E-state index contributed by atoms with van der Waals surface area (Å²) in [5.74, 6) is -3.37. The Hall–Kier alpha value is -4.31. The van der Waals surface area contributed by atoms with E-state index >= 15 is 0 Å². The molecule has 2 amide bonds. The van der Waals surface area contributed by atoms with Gasteiger partial charge in [-0.3, -0.25) is 9.59 Å². The average molecular weight is 648 g/mol. The second kappa shape index (κ2) is 14.2. The maximum Gasteiger partial charge on any atom is 0.252 e. The third-order valence-corrected chi connectivity index (χ3v) is 9.08. The minimum atomic E-state index is -1.33. The van der Waals surface area contributed by atoms with Crippen molar-refractivity contribution in [2.75, 3.05) is 32.8 Å². The Labute approximate surface area is 273 Å². The lowest BCUT2D eigenvalue weighted by Gasteiger charge is -2.44. The number of aryl methyl sites for hydroxylation is 2. The third kappa shape index (κ3) is 7.64. The molecule has 6 rings (SSSR count). The van der Waals surface area contributed by atoms with Crippen molar-refractivity contribution in [1.82, 2.24) is 15.1 Å². The molecule has 3 aromatic carbocycles. The molecule has 3 aromatic rings. The first kappa shape index (κ1) is 32.6. The summed E-state index contributed by atoms with van der Waals surface area (Å²) in [5, 5.41) is 3.62. The fraction of sp³-hybridized carbons (Fsp3) is 0.405. The van der Waals surface area contributed by atoms with Crippen molar-refractivity contribution in [3.05, 3.63) is 100 Å². The highest BCUT2D eigenvalue weighted by Crippen LogP contribution is 2.37. The lowest BCUT2D eigenvalue weighted by molar-refractivity contribution is -0.132. The molecule has 3 aliphatic rings. The summed E-state index contributed by atoms with van der Waals surface area (Å²) in [4.78, 5) is 30.6. The molecule has 0 aromatic heterocycles. The first-order chi connectivity index (χ1) is 22.7. The minimum absolute atomic E-state index is 0.00133. The zero-order chi connectivity index (χ0) is 33.1. The SMILES string of the molecule is CC(=O)N1CC2CC(c3ccc(CCCOc4c(F)ccc(F)c4F)cc3)=C(C(=O)N(CCOc3cccc(C)c3)C3CC3)C(C1)N2. The average Bonchev–Trinajstić information content (AvgIpc) is 3.90. The van der Waals surface area contributed by atoms with E-state index in [0.717, 1.165) is 53.0 Å². The van der Waals surface area contributed by atoms with Crippen molar-refractivity contribution in [2.24, 2.45) is 0 Å². The van der Waals surface area contributed by atoms with Crippen LogP contribution in [0.5, 0.6) is 11.5 Å². The largest absolute Gasteiger partial charge is 0.492 e. The topological polar surface area (TPSA) is 71.1 Å². The van der Waals surface area contributed by atoms with Crippen LogP contribution in [0.3, 0.4) is 0 Å². The summed E-state index contributed by atoms with van der Waals surface area (Å²) in [6, 6.07) is 17.3. The number of carbonyl (C=O) groups excluding carboxylic acids is 2. The Morgan fingerprint density at radius 2 is 1.72 bits per heavy atom. The third-order valence-electron chi connectivity index (χ3n) is 9.08. The molecule has 2 unspecified atom stereocenters. The first-order valence-electron chi connectivity index (χ1n) is 16.3. The zero-order valence-electron chi connectivity index (χ0n) is 26.7. The number of fused-ring (bicyclic) bond motifs is 2. The maximum atomic E-state index is 14.4. The molecule has 2 atom stereocenters. The fourth-order valence-electron chi connectivity index (χ4n) is 6.55. The van der Waals surface area contributed by atoms with Crippen molar-refractivity contribution in [3.8, 4) is 11.5 Å². The van der Waals surface area contributed by atoms with Crippen LogP contribution in [0, 0.1) is 24.4 Å². The fourth-order valence-corrected chi connectivity index (χ4v) is 6.55. The molecule has 47 heavy (non-hydrogen) atoms. The van der Waals surface area contributed by atoms with Gasteiger partial charge < -0.3 is 24.6 Å². The van der Waals surface area contributed by atoms with Crippen molar-refractivity contribution in [2.45, 2.75) is 64.1 Å². The Morgan fingerprint density at radius 1 is 0.957 bits per heavy atom. The lowest BCUT2D eigenvalue weighted by Crippen LogP contribution is -2.62. The van der Waals surface area contributed by atoms with Crippen LogP contribution in [0.15, 0.2) is 66.2 Å². The smallest absolute Gasteiger partial charge is 0.252 e. The molecular formula is C37H40F3N3O4. The van der Waals surface area contributed by atoms with Crippen LogP contribution in [-0.2, 0) is 16.0 Å². The summed E-state index contributed by atoms with van der Waals surface area (Å²) in [6.07, 6.45) is 3.57. The van der Waals surface area contributed by atoms with Crippen molar-refractivity contribution < 1.29 is 32.2 Å². The summed E-state index contributed by atoms with van der Waals surface area (Å²) >= 11 is 0. The Balaban J connectivity index is 1.18. The summed E-state index contributed by atoms with van der Waals surface area (Å²) in [5.41, 5.74) is 4.75. The van der Waals surface area contributed by atoms with Gasteiger partial charge in [0.2, 0.25) is 11.7 Å². The highest BCUT2D eigenvalue weighted by atomic mass is 19.2. The number of nitrogens with zero attached hydrogens (tertiary/aromatic N) is 2. The van der Waals surface area contributed by atoms with Crippen LogP contribution in [-0.4, -0.2) is 72.6 Å². The molecule has 2 fully saturated rings. The van der Waals surface area contributed by atoms with E-state index in [0.29, 0.717) is 51.1 Å². The number of halogens is 3. The minimum Gasteiger partial charge on any atom is -0.492 e. The van der Waals surface area contributed by atoms with Crippen molar-refractivity contribution >= 4 is 17.4 Å². The summed E-state index contributed by atoms with van der Waals surface area (Å²) in [7, 11) is 0. The highest BCUT2D eigenvalue weighted by Gasteiger charge is 2.42. The molecule has 0 spiro atoms. The quantitative estimate of drug-likeness (QED) is 0.198. The van der Waals surface area contributed by atoms with Crippen LogP contribution in [0.1, 0.15) is 49.3 Å². The predicted octanol–water partition coefficient (Wildman–Crippen LogP) is 5.84. The van der Waals surface area contributed by atoms with E-state index in [9.17, 15) is 22.8 Å². The Morgan fingerprint density at radius 3 is 2.45 bits per heavy atom. The van der Waals surface area contributed by atoms with Crippen LogP contribution >= 0.6 is 0 Å². The number of hydrogen-bond donors (Lipinski definition) is 1. The van der Waals surface area contributed by atoms with Crippen LogP contribution < -0.4 is 14.8 Å². The molecule has 10 heteroatoms. The molecule has 1 saturated heterocycles. The summed E-state index contributed by atoms with van der Waals surface area (Å²) in [6.45, 7) is 5.46. The van der Waals surface area contributed by atoms with Crippen LogP contribution in [0.25, 0.3) is 5.57 Å². The van der Waals surface area contributed by atoms with Crippen molar-refractivity contribution in [1.29, 1.82) is 0 Å². The number of hydrogen-bond acceptors (Lipinski definition) is 5. The van der Waals surface area contributed by atoms with Gasteiger partial charge in [0.1, 0.15) is 12.4 Å². The highest BCUT2D eigenvalue weighted by molar-refractivity contribution is 6.03. The van der Waals surface area contributed by atoms with Gasteiger partial charge in [0.15, 0.2) is 17.4 Å². The number of rotatable bonds is 12. The van der Waals surface area contributed by atoms with Crippen LogP contribution in [0.2, 0.25) is 0 Å². The van der Waals surface area contributed by atoms with E-state index in [-0.39, 0.29) is 36.5 Å².